The summed E-state index contributed by atoms with van der Waals surface area (Å²) in [6.07, 6.45) is 1.05. The molecule has 2 aromatic carbocycles. The highest BCUT2D eigenvalue weighted by Gasteiger charge is 2.36. The van der Waals surface area contributed by atoms with Crippen LogP contribution in [0, 0.1) is 11.8 Å². The van der Waals surface area contributed by atoms with Gasteiger partial charge in [0.2, 0.25) is 35.4 Å². The van der Waals surface area contributed by atoms with Crippen LogP contribution in [-0.2, 0) is 60.8 Å². The lowest BCUT2D eigenvalue weighted by Gasteiger charge is -2.27. The molecule has 77 heavy (non-hydrogen) atoms. The number of amides is 6. The second-order valence-corrected chi connectivity index (χ2v) is 19.4. The van der Waals surface area contributed by atoms with Gasteiger partial charge in [-0.15, -0.1) is 0 Å². The third-order valence-electron chi connectivity index (χ3n) is 13.0. The molecule has 0 unspecified atom stereocenters. The van der Waals surface area contributed by atoms with E-state index in [-0.39, 0.29) is 114 Å². The number of para-hydroxylation sites is 1. The maximum atomic E-state index is 14.8. The molecule has 0 aliphatic carbocycles. The molecule has 0 spiro atoms. The molecule has 4 rings (SSSR count). The first kappa shape index (κ1) is 61.4. The molecule has 0 radical (unpaired) electrons. The molecule has 0 saturated carbocycles. The molecule has 24 heteroatoms. The minimum atomic E-state index is -1.66. The molecule has 0 bridgehead atoms. The van der Waals surface area contributed by atoms with E-state index in [1.807, 2.05) is 24.3 Å². The van der Waals surface area contributed by atoms with Crippen LogP contribution in [0.4, 0.5) is 0 Å². The molecule has 3 aromatic rings. The molecular formula is C53H75N13O11. The van der Waals surface area contributed by atoms with Crippen LogP contribution in [0.3, 0.4) is 0 Å². The van der Waals surface area contributed by atoms with Crippen molar-refractivity contribution in [2.45, 2.75) is 140 Å². The van der Waals surface area contributed by atoms with Crippen molar-refractivity contribution in [2.75, 3.05) is 19.6 Å². The Morgan fingerprint density at radius 2 is 1.38 bits per heavy atom. The largest absolute Gasteiger partial charge is 0.480 e. The monoisotopic (exact) mass is 1070 g/mol. The number of ketones is 3. The number of aromatic nitrogens is 1. The lowest BCUT2D eigenvalue weighted by molar-refractivity contribution is -0.143. The van der Waals surface area contributed by atoms with Crippen molar-refractivity contribution in [3.05, 3.63) is 71.9 Å². The Bertz CT molecular complexity index is 2590. The molecular weight excluding hydrogens is 995 g/mol. The van der Waals surface area contributed by atoms with Crippen molar-refractivity contribution in [3.8, 4) is 0 Å². The number of nitrogens with two attached hydrogens (primary N) is 4. The van der Waals surface area contributed by atoms with Crippen LogP contribution in [-0.4, -0.2) is 131 Å². The van der Waals surface area contributed by atoms with E-state index in [1.165, 1.54) is 13.8 Å². The number of aliphatic carboxylic acids is 1. The molecule has 6 amide bonds. The van der Waals surface area contributed by atoms with Gasteiger partial charge in [-0.25, -0.2) is 4.79 Å². The number of carbonyl (C=O) groups excluding carboxylic acids is 9. The number of nitrogens with zero attached hydrogens (tertiary/aromatic N) is 2. The van der Waals surface area contributed by atoms with Gasteiger partial charge in [0.25, 0.3) is 0 Å². The topological polar surface area (TPSA) is 408 Å². The number of benzene rings is 2. The number of carboxylic acid groups (broad SMARTS) is 1. The number of guanidine groups is 2. The van der Waals surface area contributed by atoms with E-state index in [0.29, 0.717) is 11.1 Å². The van der Waals surface area contributed by atoms with Gasteiger partial charge in [-0.1, -0.05) is 48.5 Å². The fourth-order valence-corrected chi connectivity index (χ4v) is 9.01. The normalized spacial score (nSPS) is 21.0. The van der Waals surface area contributed by atoms with Gasteiger partial charge >= 0.3 is 5.97 Å². The average Bonchev–Trinajstić information content (AvgIpc) is 3.79. The van der Waals surface area contributed by atoms with Crippen LogP contribution in [0.15, 0.2) is 70.8 Å². The predicted octanol–water partition coefficient (Wildman–Crippen LogP) is 0.189. The second-order valence-electron chi connectivity index (χ2n) is 19.4. The van der Waals surface area contributed by atoms with Gasteiger partial charge in [0.05, 0.1) is 12.5 Å². The fourth-order valence-electron chi connectivity index (χ4n) is 9.01. The minimum absolute atomic E-state index is 0.0148. The first-order valence-corrected chi connectivity index (χ1v) is 25.9. The number of hydrogen-bond donors (Lipinski definition) is 12. The lowest BCUT2D eigenvalue weighted by atomic mass is 9.83. The highest BCUT2D eigenvalue weighted by Crippen LogP contribution is 2.26. The summed E-state index contributed by atoms with van der Waals surface area (Å²) < 4.78 is 0. The standard InChI is InChI=1S/C53H75N13O11/c1-31(67)13-10-20-40-49(74)65-42(25-33-14-4-3-5-15-33)45(70)27-34(16-11-23-59-52(54)55)44(69)28-35(26-36-30-61-38-18-7-6-17-37(36)38)47(72)64-41(51(76)77)19-8-9-22-58-46(71)29-43(50(75)63-40)66-48(73)39(62-32(2)68)21-12-24-60-53(56)57/h3-7,14-15,17-18,30,34-35,39-43,61H,8-13,16,19-29H2,1-2H3,(H,58,71)(H,62,68)(H,63,75)(H,64,72)(H,65,74)(H,66,73)(H,76,77)(H4,54,55,59)(H4,56,57,60)/t34-,35-,39+,40+,41+,42-,43+/m1/s1. The molecule has 2 heterocycles. The molecule has 1 aliphatic rings. The summed E-state index contributed by atoms with van der Waals surface area (Å²) in [6.45, 7) is 2.73. The van der Waals surface area contributed by atoms with Crippen LogP contribution in [0.1, 0.15) is 108 Å². The summed E-state index contributed by atoms with van der Waals surface area (Å²) in [6, 6.07) is 9.03. The number of carbonyl (C=O) groups is 10. The van der Waals surface area contributed by atoms with Crippen molar-refractivity contribution >= 4 is 81.6 Å². The van der Waals surface area contributed by atoms with Crippen molar-refractivity contribution in [1.29, 1.82) is 0 Å². The summed E-state index contributed by atoms with van der Waals surface area (Å²) in [5, 5.41) is 26.9. The van der Waals surface area contributed by atoms with Crippen LogP contribution in [0.2, 0.25) is 0 Å². The van der Waals surface area contributed by atoms with Gasteiger partial charge in [-0.05, 0) is 94.7 Å². The summed E-state index contributed by atoms with van der Waals surface area (Å²) in [7, 11) is 0. The Hall–Kier alpha value is -8.18. The number of Topliss-reactive ketones (excluding diaryl/α,β-unsaturated/α-hetero) is 3. The Morgan fingerprint density at radius 1 is 0.714 bits per heavy atom. The number of H-pyrrole nitrogens is 1. The Labute approximate surface area is 446 Å². The van der Waals surface area contributed by atoms with E-state index < -0.39 is 114 Å². The maximum Gasteiger partial charge on any atom is 0.326 e. The van der Waals surface area contributed by atoms with Crippen molar-refractivity contribution < 1.29 is 53.1 Å². The number of aromatic amines is 1. The van der Waals surface area contributed by atoms with Crippen molar-refractivity contribution in [3.63, 3.8) is 0 Å². The molecule has 24 nitrogen and oxygen atoms in total. The van der Waals surface area contributed by atoms with Crippen molar-refractivity contribution in [2.24, 2.45) is 44.8 Å². The van der Waals surface area contributed by atoms with E-state index in [2.05, 4.69) is 46.9 Å². The molecule has 1 saturated heterocycles. The maximum absolute atomic E-state index is 14.8. The zero-order valence-electron chi connectivity index (χ0n) is 43.8. The molecule has 1 fully saturated rings. The second kappa shape index (κ2) is 31.6. The average molecular weight is 1070 g/mol. The fraction of sp³-hybridized carbons (Fsp3) is 0.509. The minimum Gasteiger partial charge on any atom is -0.480 e. The molecule has 7 atom stereocenters. The van der Waals surface area contributed by atoms with Crippen LogP contribution in [0.5, 0.6) is 0 Å². The van der Waals surface area contributed by atoms with E-state index in [0.717, 1.165) is 10.9 Å². The first-order chi connectivity index (χ1) is 36.7. The number of aliphatic imine (C=N–C) groups is 2. The molecule has 16 N–H and O–H groups in total. The van der Waals surface area contributed by atoms with E-state index in [1.54, 1.807) is 36.5 Å². The summed E-state index contributed by atoms with van der Waals surface area (Å²) in [4.78, 5) is 148. The highest BCUT2D eigenvalue weighted by atomic mass is 16.4. The van der Waals surface area contributed by atoms with Gasteiger partial charge in [0.1, 0.15) is 35.7 Å². The van der Waals surface area contributed by atoms with E-state index in [9.17, 15) is 53.1 Å². The smallest absolute Gasteiger partial charge is 0.326 e. The number of nitrogens with one attached hydrogen (secondary N) is 7. The van der Waals surface area contributed by atoms with Gasteiger partial charge in [0.15, 0.2) is 17.7 Å². The zero-order chi connectivity index (χ0) is 56.4. The predicted molar refractivity (Wildman–Crippen MR) is 287 cm³/mol. The van der Waals surface area contributed by atoms with E-state index >= 15 is 0 Å². The van der Waals surface area contributed by atoms with Gasteiger partial charge in [0, 0.05) is 74.8 Å². The summed E-state index contributed by atoms with van der Waals surface area (Å²) >= 11 is 0. The molecule has 1 aliphatic heterocycles. The van der Waals surface area contributed by atoms with E-state index in [4.69, 9.17) is 22.9 Å². The number of fused-ring (bicyclic) bond motifs is 1. The Kier molecular flexibility index (Phi) is 25.2. The van der Waals surface area contributed by atoms with Gasteiger partial charge < -0.3 is 69.7 Å². The first-order valence-electron chi connectivity index (χ1n) is 25.9. The molecule has 1 aromatic heterocycles. The SMILES string of the molecule is CC(=O)CCC[C@@H]1NC(=O)[C@@H](NC(=O)[C@H](CCCN=C(N)N)NC(C)=O)CC(=O)NCCCC[C@@H](C(=O)O)NC(=O)[C@H](Cc2c[nH]c3ccccc23)CC(=O)[C@H](CCCN=C(N)N)CC(=O)[C@@H](Cc2ccccc2)NC1=O. The zero-order valence-corrected chi connectivity index (χ0v) is 43.8. The number of carboxylic acids is 1. The van der Waals surface area contributed by atoms with Gasteiger partial charge in [-0.2, -0.15) is 0 Å². The van der Waals surface area contributed by atoms with Crippen LogP contribution < -0.4 is 54.8 Å². The lowest BCUT2D eigenvalue weighted by Crippen LogP contribution is -2.58. The summed E-state index contributed by atoms with van der Waals surface area (Å²) in [5.74, 6) is -9.83. The molecule has 418 valence electrons. The number of rotatable bonds is 20. The third-order valence-corrected chi connectivity index (χ3v) is 13.0. The van der Waals surface area contributed by atoms with Crippen LogP contribution in [0.25, 0.3) is 10.9 Å². The van der Waals surface area contributed by atoms with Gasteiger partial charge in [-0.3, -0.25) is 48.3 Å². The Morgan fingerprint density at radius 3 is 2.05 bits per heavy atom. The third kappa shape index (κ3) is 21.9. The Balaban J connectivity index is 1.79. The number of hydrogen-bond acceptors (Lipinski definition) is 12. The highest BCUT2D eigenvalue weighted by molar-refractivity contribution is 5.99. The summed E-state index contributed by atoms with van der Waals surface area (Å²) in [5.41, 5.74) is 24.2. The quantitative estimate of drug-likeness (QED) is 0.0408. The van der Waals surface area contributed by atoms with Crippen molar-refractivity contribution in [1.82, 2.24) is 36.9 Å². The van der Waals surface area contributed by atoms with Crippen LogP contribution >= 0.6 is 0 Å².